The van der Waals surface area contributed by atoms with E-state index < -0.39 is 5.97 Å². The van der Waals surface area contributed by atoms with E-state index in [9.17, 15) is 4.79 Å². The second kappa shape index (κ2) is 6.27. The lowest BCUT2D eigenvalue weighted by Gasteiger charge is -2.00. The molecule has 0 saturated carbocycles. The van der Waals surface area contributed by atoms with Gasteiger partial charge in [-0.3, -0.25) is 9.78 Å². The van der Waals surface area contributed by atoms with E-state index in [1.807, 2.05) is 26.0 Å². The highest BCUT2D eigenvalue weighted by atomic mass is 16.4. The fraction of sp³-hybridized carbons (Fsp3) is 0.429. The van der Waals surface area contributed by atoms with Crippen LogP contribution in [0.2, 0.25) is 0 Å². The first-order valence-corrected chi connectivity index (χ1v) is 6.55. The zero-order chi connectivity index (χ0) is 14.5. The molecule has 0 aliphatic rings. The highest BCUT2D eigenvalue weighted by Gasteiger charge is 2.11. The molecule has 2 rings (SSSR count). The molecule has 2 aromatic heterocycles. The Hall–Kier alpha value is -2.24. The molecule has 0 bridgehead atoms. The van der Waals surface area contributed by atoms with Gasteiger partial charge >= 0.3 is 5.97 Å². The normalized spacial score (nSPS) is 10.7. The Morgan fingerprint density at radius 1 is 1.25 bits per heavy atom. The van der Waals surface area contributed by atoms with Gasteiger partial charge in [-0.15, -0.1) is 10.2 Å². The van der Waals surface area contributed by atoms with Crippen molar-refractivity contribution in [2.75, 3.05) is 0 Å². The van der Waals surface area contributed by atoms with Gasteiger partial charge in [-0.1, -0.05) is 0 Å². The van der Waals surface area contributed by atoms with Crippen LogP contribution in [0.3, 0.4) is 0 Å². The maximum atomic E-state index is 10.4. The number of aryl methyl sites for hydroxylation is 3. The molecule has 6 nitrogen and oxygen atoms in total. The number of nitrogens with zero attached hydrogens (tertiary/aromatic N) is 3. The second-order valence-electron chi connectivity index (χ2n) is 4.69. The fourth-order valence-corrected chi connectivity index (χ4v) is 1.93. The Morgan fingerprint density at radius 3 is 2.75 bits per heavy atom. The summed E-state index contributed by atoms with van der Waals surface area (Å²) in [5, 5.41) is 16.6. The van der Waals surface area contributed by atoms with Crippen LogP contribution in [0, 0.1) is 13.8 Å². The first-order chi connectivity index (χ1) is 9.56. The molecule has 0 aliphatic heterocycles. The summed E-state index contributed by atoms with van der Waals surface area (Å²) < 4.78 is 5.59. The third-order valence-corrected chi connectivity index (χ3v) is 2.95. The molecule has 106 valence electrons. The summed E-state index contributed by atoms with van der Waals surface area (Å²) in [6, 6.07) is 3.82. The van der Waals surface area contributed by atoms with E-state index in [0.29, 0.717) is 24.6 Å². The lowest BCUT2D eigenvalue weighted by atomic mass is 10.2. The summed E-state index contributed by atoms with van der Waals surface area (Å²) in [4.78, 5) is 14.8. The molecule has 0 atom stereocenters. The molecule has 1 N–H and O–H groups in total. The number of carbonyl (C=O) groups is 1. The Balaban J connectivity index is 1.99. The Morgan fingerprint density at radius 2 is 2.05 bits per heavy atom. The fourth-order valence-electron chi connectivity index (χ4n) is 1.93. The van der Waals surface area contributed by atoms with Gasteiger partial charge in [-0.25, -0.2) is 0 Å². The molecule has 20 heavy (non-hydrogen) atoms. The summed E-state index contributed by atoms with van der Waals surface area (Å²) >= 11 is 0. The third-order valence-electron chi connectivity index (χ3n) is 2.95. The van der Waals surface area contributed by atoms with Crippen LogP contribution >= 0.6 is 0 Å². The maximum absolute atomic E-state index is 10.4. The summed E-state index contributed by atoms with van der Waals surface area (Å²) in [5.41, 5.74) is 2.63. The van der Waals surface area contributed by atoms with Crippen molar-refractivity contribution in [2.24, 2.45) is 0 Å². The third kappa shape index (κ3) is 3.63. The minimum atomic E-state index is -0.780. The molecular formula is C14H17N3O3. The van der Waals surface area contributed by atoms with Crippen molar-refractivity contribution in [3.05, 3.63) is 29.4 Å². The number of aromatic nitrogens is 3. The van der Waals surface area contributed by atoms with Crippen LogP contribution in [0.1, 0.15) is 36.5 Å². The number of rotatable bonds is 6. The Bertz CT molecular complexity index is 607. The monoisotopic (exact) mass is 275 g/mol. The highest BCUT2D eigenvalue weighted by molar-refractivity contribution is 5.66. The van der Waals surface area contributed by atoms with Crippen molar-refractivity contribution in [3.8, 4) is 11.5 Å². The zero-order valence-corrected chi connectivity index (χ0v) is 11.6. The summed E-state index contributed by atoms with van der Waals surface area (Å²) in [5.74, 6) is 0.214. The van der Waals surface area contributed by atoms with Crippen LogP contribution in [-0.4, -0.2) is 26.3 Å². The average molecular weight is 275 g/mol. The highest BCUT2D eigenvalue weighted by Crippen LogP contribution is 2.21. The lowest BCUT2D eigenvalue weighted by molar-refractivity contribution is -0.137. The van der Waals surface area contributed by atoms with E-state index in [-0.39, 0.29) is 6.42 Å². The van der Waals surface area contributed by atoms with Crippen LogP contribution in [-0.2, 0) is 11.2 Å². The topological polar surface area (TPSA) is 89.1 Å². The van der Waals surface area contributed by atoms with E-state index in [1.165, 1.54) is 0 Å². The summed E-state index contributed by atoms with van der Waals surface area (Å²) in [6.45, 7) is 3.83. The van der Waals surface area contributed by atoms with Crippen molar-refractivity contribution >= 4 is 5.97 Å². The maximum Gasteiger partial charge on any atom is 0.303 e. The predicted octanol–water partition coefficient (Wildman–Crippen LogP) is 2.55. The van der Waals surface area contributed by atoms with Gasteiger partial charge in [0.1, 0.15) is 0 Å². The standard InChI is InChI=1S/C14H17N3O3/c1-9-7-8-11(10(2)15-9)14-17-16-12(20-14)5-3-4-6-13(18)19/h7-8H,3-6H2,1-2H3,(H,18,19). The zero-order valence-electron chi connectivity index (χ0n) is 11.6. The molecule has 0 saturated heterocycles. The SMILES string of the molecule is Cc1ccc(-c2nnc(CCCCC(=O)O)o2)c(C)n1. The van der Waals surface area contributed by atoms with Crippen LogP contribution in [0.15, 0.2) is 16.5 Å². The molecule has 2 aromatic rings. The molecule has 0 spiro atoms. The van der Waals surface area contributed by atoms with Crippen LogP contribution in [0.5, 0.6) is 0 Å². The number of pyridine rings is 1. The van der Waals surface area contributed by atoms with Crippen molar-refractivity contribution < 1.29 is 14.3 Å². The number of hydrogen-bond donors (Lipinski definition) is 1. The summed E-state index contributed by atoms with van der Waals surface area (Å²) in [7, 11) is 0. The van der Waals surface area contributed by atoms with Gasteiger partial charge in [-0.2, -0.15) is 0 Å². The minimum absolute atomic E-state index is 0.169. The minimum Gasteiger partial charge on any atom is -0.481 e. The number of aliphatic carboxylic acids is 1. The molecule has 0 amide bonds. The van der Waals surface area contributed by atoms with E-state index in [1.54, 1.807) is 0 Å². The average Bonchev–Trinajstić information content (AvgIpc) is 2.83. The van der Waals surface area contributed by atoms with Crippen molar-refractivity contribution in [1.82, 2.24) is 15.2 Å². The van der Waals surface area contributed by atoms with Crippen LogP contribution < -0.4 is 0 Å². The smallest absolute Gasteiger partial charge is 0.303 e. The largest absolute Gasteiger partial charge is 0.481 e. The lowest BCUT2D eigenvalue weighted by Crippen LogP contribution is -1.95. The summed E-state index contributed by atoms with van der Waals surface area (Å²) in [6.07, 6.45) is 2.10. The Labute approximate surface area is 116 Å². The molecule has 2 heterocycles. The molecule has 0 radical (unpaired) electrons. The first kappa shape index (κ1) is 14.2. The van der Waals surface area contributed by atoms with Gasteiger partial charge in [0.2, 0.25) is 11.8 Å². The molecule has 0 aromatic carbocycles. The second-order valence-corrected chi connectivity index (χ2v) is 4.69. The predicted molar refractivity (Wildman–Crippen MR) is 72.2 cm³/mol. The molecule has 0 fully saturated rings. The van der Waals surface area contributed by atoms with Crippen molar-refractivity contribution in [3.63, 3.8) is 0 Å². The van der Waals surface area contributed by atoms with E-state index in [0.717, 1.165) is 23.4 Å². The number of carboxylic acid groups (broad SMARTS) is 1. The number of carboxylic acids is 1. The van der Waals surface area contributed by atoms with Crippen LogP contribution in [0.4, 0.5) is 0 Å². The number of hydrogen-bond acceptors (Lipinski definition) is 5. The van der Waals surface area contributed by atoms with E-state index >= 15 is 0 Å². The Kier molecular flexibility index (Phi) is 4.45. The molecular weight excluding hydrogens is 258 g/mol. The molecule has 0 unspecified atom stereocenters. The van der Waals surface area contributed by atoms with Gasteiger partial charge in [0.25, 0.3) is 0 Å². The van der Waals surface area contributed by atoms with Gasteiger partial charge < -0.3 is 9.52 Å². The van der Waals surface area contributed by atoms with Crippen molar-refractivity contribution in [1.29, 1.82) is 0 Å². The van der Waals surface area contributed by atoms with Crippen LogP contribution in [0.25, 0.3) is 11.5 Å². The van der Waals surface area contributed by atoms with E-state index in [4.69, 9.17) is 9.52 Å². The van der Waals surface area contributed by atoms with Gasteiger partial charge in [0.05, 0.1) is 11.3 Å². The van der Waals surface area contributed by atoms with Gasteiger partial charge in [-0.05, 0) is 38.8 Å². The number of unbranched alkanes of at least 4 members (excludes halogenated alkanes) is 1. The molecule has 0 aliphatic carbocycles. The molecule has 6 heteroatoms. The van der Waals surface area contributed by atoms with Crippen molar-refractivity contribution in [2.45, 2.75) is 39.5 Å². The van der Waals surface area contributed by atoms with E-state index in [2.05, 4.69) is 15.2 Å². The van der Waals surface area contributed by atoms with Gasteiger partial charge in [0, 0.05) is 18.5 Å². The quantitative estimate of drug-likeness (QED) is 0.815. The first-order valence-electron chi connectivity index (χ1n) is 6.55. The van der Waals surface area contributed by atoms with Gasteiger partial charge in [0.15, 0.2) is 0 Å².